The molecule has 4 heteroatoms. The van der Waals surface area contributed by atoms with E-state index in [1.165, 1.54) is 81.1 Å². The third-order valence-corrected chi connectivity index (χ3v) is 8.58. The molecule has 0 unspecified atom stereocenters. The van der Waals surface area contributed by atoms with Crippen molar-refractivity contribution in [2.75, 3.05) is 0 Å². The number of ketones is 2. The highest BCUT2D eigenvalue weighted by molar-refractivity contribution is 6.08. The summed E-state index contributed by atoms with van der Waals surface area (Å²) in [4.78, 5) is 25.0. The van der Waals surface area contributed by atoms with Gasteiger partial charge in [0.1, 0.15) is 11.5 Å². The monoisotopic (exact) mass is 628 g/mol. The lowest BCUT2D eigenvalue weighted by atomic mass is 10.0. The Kier molecular flexibility index (Phi) is 14.8. The van der Waals surface area contributed by atoms with E-state index in [1.807, 2.05) is 84.9 Å². The SMILES string of the molecule is O=C(/C=C(\O)c1ccccc1)c1ccc(CCCCCCCCCCCCCc2ccc(C(=O)/C=C(\O)c3ccccc3)cc2)cc1. The Morgan fingerprint density at radius 2 is 0.681 bits per heavy atom. The van der Waals surface area contributed by atoms with Gasteiger partial charge in [-0.15, -0.1) is 0 Å². The van der Waals surface area contributed by atoms with Crippen LogP contribution in [-0.4, -0.2) is 21.8 Å². The highest BCUT2D eigenvalue weighted by atomic mass is 16.3. The van der Waals surface area contributed by atoms with Crippen molar-refractivity contribution in [1.82, 2.24) is 0 Å². The average molecular weight is 629 g/mol. The molecule has 4 aromatic rings. The van der Waals surface area contributed by atoms with Crippen LogP contribution >= 0.6 is 0 Å². The van der Waals surface area contributed by atoms with Gasteiger partial charge < -0.3 is 10.2 Å². The van der Waals surface area contributed by atoms with Crippen molar-refractivity contribution in [2.45, 2.75) is 83.5 Å². The molecule has 0 heterocycles. The summed E-state index contributed by atoms with van der Waals surface area (Å²) in [5.41, 5.74) is 4.95. The van der Waals surface area contributed by atoms with Gasteiger partial charge in [0.2, 0.25) is 0 Å². The smallest absolute Gasteiger partial charge is 0.189 e. The van der Waals surface area contributed by atoms with Crippen LogP contribution < -0.4 is 0 Å². The van der Waals surface area contributed by atoms with Crippen LogP contribution in [0.15, 0.2) is 121 Å². The van der Waals surface area contributed by atoms with E-state index in [-0.39, 0.29) is 23.1 Å². The van der Waals surface area contributed by atoms with E-state index < -0.39 is 0 Å². The van der Waals surface area contributed by atoms with Gasteiger partial charge in [-0.2, -0.15) is 0 Å². The third-order valence-electron chi connectivity index (χ3n) is 8.58. The van der Waals surface area contributed by atoms with Crippen molar-refractivity contribution in [3.05, 3.63) is 155 Å². The number of unbranched alkanes of at least 4 members (excludes halogenated alkanes) is 10. The Labute approximate surface area is 280 Å². The molecule has 0 aliphatic rings. The highest BCUT2D eigenvalue weighted by Crippen LogP contribution is 2.17. The van der Waals surface area contributed by atoms with Crippen LogP contribution in [0, 0.1) is 0 Å². The van der Waals surface area contributed by atoms with Gasteiger partial charge in [0.25, 0.3) is 0 Å². The predicted molar refractivity (Wildman–Crippen MR) is 194 cm³/mol. The molecular formula is C43H48O4. The number of allylic oxidation sites excluding steroid dienone is 2. The summed E-state index contributed by atoms with van der Waals surface area (Å²) in [6, 6.07) is 33.7. The standard InChI is InChI=1S/C43H48O4/c44-40(36-20-14-10-15-21-36)32-42(46)38-28-24-34(25-29-38)18-12-8-6-4-2-1-3-5-7-9-13-19-35-26-30-39(31-27-35)43(47)33-41(45)37-22-16-11-17-23-37/h10-11,14-17,20-33,44-45H,1-9,12-13,18-19H2/b40-32-,41-33-. The minimum atomic E-state index is -0.189. The summed E-state index contributed by atoms with van der Waals surface area (Å²) in [5, 5.41) is 20.4. The lowest BCUT2D eigenvalue weighted by molar-refractivity contribution is 0.103. The maximum Gasteiger partial charge on any atom is 0.189 e. The van der Waals surface area contributed by atoms with Crippen molar-refractivity contribution in [1.29, 1.82) is 0 Å². The molecule has 4 rings (SSSR count). The molecule has 0 aliphatic carbocycles. The zero-order valence-corrected chi connectivity index (χ0v) is 27.5. The number of aliphatic hydroxyl groups excluding tert-OH is 2. The molecule has 4 nitrogen and oxygen atoms in total. The molecule has 47 heavy (non-hydrogen) atoms. The number of hydrogen-bond donors (Lipinski definition) is 2. The fourth-order valence-electron chi connectivity index (χ4n) is 5.72. The van der Waals surface area contributed by atoms with E-state index in [9.17, 15) is 19.8 Å². The fourth-order valence-corrected chi connectivity index (χ4v) is 5.72. The first-order valence-electron chi connectivity index (χ1n) is 17.2. The van der Waals surface area contributed by atoms with Crippen LogP contribution in [0.1, 0.15) is 114 Å². The number of carbonyl (C=O) groups is 2. The van der Waals surface area contributed by atoms with Gasteiger partial charge in [0, 0.05) is 34.4 Å². The Balaban J connectivity index is 0.983. The minimum Gasteiger partial charge on any atom is -0.507 e. The van der Waals surface area contributed by atoms with Crippen LogP contribution in [0.25, 0.3) is 11.5 Å². The molecule has 4 aromatic carbocycles. The molecule has 0 saturated carbocycles. The topological polar surface area (TPSA) is 74.6 Å². The van der Waals surface area contributed by atoms with Gasteiger partial charge in [0.15, 0.2) is 11.6 Å². The van der Waals surface area contributed by atoms with Gasteiger partial charge in [-0.25, -0.2) is 0 Å². The van der Waals surface area contributed by atoms with Crippen LogP contribution in [-0.2, 0) is 12.8 Å². The number of rotatable bonds is 20. The van der Waals surface area contributed by atoms with Gasteiger partial charge >= 0.3 is 0 Å². The lowest BCUT2D eigenvalue weighted by Crippen LogP contribution is -1.97. The fraction of sp³-hybridized carbons (Fsp3) is 0.302. The number of benzene rings is 4. The lowest BCUT2D eigenvalue weighted by Gasteiger charge is -2.05. The first kappa shape index (κ1) is 35.2. The van der Waals surface area contributed by atoms with E-state index in [4.69, 9.17) is 0 Å². The molecular weight excluding hydrogens is 580 g/mol. The average Bonchev–Trinajstić information content (AvgIpc) is 3.11. The molecule has 2 N–H and O–H groups in total. The summed E-state index contributed by atoms with van der Waals surface area (Å²) in [6.45, 7) is 0. The molecule has 0 aromatic heterocycles. The molecule has 0 spiro atoms. The number of hydrogen-bond acceptors (Lipinski definition) is 4. The third kappa shape index (κ3) is 12.5. The zero-order chi connectivity index (χ0) is 33.1. The zero-order valence-electron chi connectivity index (χ0n) is 27.5. The van der Waals surface area contributed by atoms with E-state index >= 15 is 0 Å². The molecule has 0 amide bonds. The second kappa shape index (κ2) is 19.7. The molecule has 0 aliphatic heterocycles. The second-order valence-electron chi connectivity index (χ2n) is 12.3. The Hall–Kier alpha value is -4.70. The number of carbonyl (C=O) groups excluding carboxylic acids is 2. The Morgan fingerprint density at radius 1 is 0.383 bits per heavy atom. The van der Waals surface area contributed by atoms with E-state index in [1.54, 1.807) is 24.3 Å². The first-order chi connectivity index (χ1) is 23.0. The van der Waals surface area contributed by atoms with Crippen molar-refractivity contribution in [2.24, 2.45) is 0 Å². The normalized spacial score (nSPS) is 11.8. The largest absolute Gasteiger partial charge is 0.507 e. The van der Waals surface area contributed by atoms with Gasteiger partial charge in [-0.05, 0) is 36.8 Å². The molecule has 244 valence electrons. The van der Waals surface area contributed by atoms with Crippen LogP contribution in [0.3, 0.4) is 0 Å². The summed E-state index contributed by atoms with van der Waals surface area (Å²) in [7, 11) is 0. The van der Waals surface area contributed by atoms with E-state index in [0.717, 1.165) is 25.7 Å². The van der Waals surface area contributed by atoms with Crippen molar-refractivity contribution in [3.63, 3.8) is 0 Å². The summed E-state index contributed by atoms with van der Waals surface area (Å²) < 4.78 is 0. The van der Waals surface area contributed by atoms with Crippen LogP contribution in [0.5, 0.6) is 0 Å². The maximum absolute atomic E-state index is 12.5. The van der Waals surface area contributed by atoms with E-state index in [2.05, 4.69) is 0 Å². The summed E-state index contributed by atoms with van der Waals surface area (Å²) in [6.07, 6.45) is 18.5. The van der Waals surface area contributed by atoms with Crippen molar-refractivity contribution < 1.29 is 19.8 Å². The van der Waals surface area contributed by atoms with Crippen molar-refractivity contribution in [3.8, 4) is 0 Å². The summed E-state index contributed by atoms with van der Waals surface area (Å²) >= 11 is 0. The predicted octanol–water partition coefficient (Wildman–Crippen LogP) is 11.3. The van der Waals surface area contributed by atoms with Gasteiger partial charge in [-0.3, -0.25) is 9.59 Å². The quantitative estimate of drug-likeness (QED) is 0.0442. The Morgan fingerprint density at radius 3 is 1.00 bits per heavy atom. The van der Waals surface area contributed by atoms with Crippen LogP contribution in [0.4, 0.5) is 0 Å². The summed E-state index contributed by atoms with van der Waals surface area (Å²) in [5.74, 6) is -0.402. The van der Waals surface area contributed by atoms with Gasteiger partial charge in [-0.1, -0.05) is 167 Å². The van der Waals surface area contributed by atoms with Crippen LogP contribution in [0.2, 0.25) is 0 Å². The van der Waals surface area contributed by atoms with E-state index in [0.29, 0.717) is 22.3 Å². The Bertz CT molecular complexity index is 1450. The highest BCUT2D eigenvalue weighted by Gasteiger charge is 2.08. The molecule has 0 radical (unpaired) electrons. The number of aryl methyl sites for hydroxylation is 2. The second-order valence-corrected chi connectivity index (χ2v) is 12.3. The van der Waals surface area contributed by atoms with Crippen molar-refractivity contribution >= 4 is 23.1 Å². The van der Waals surface area contributed by atoms with Gasteiger partial charge in [0.05, 0.1) is 0 Å². The molecule has 0 atom stereocenters. The first-order valence-corrected chi connectivity index (χ1v) is 17.2. The number of aliphatic hydroxyl groups is 2. The molecule has 0 fully saturated rings. The minimum absolute atomic E-state index is 0.0120. The maximum atomic E-state index is 12.5. The molecule has 0 bridgehead atoms. The molecule has 0 saturated heterocycles.